The van der Waals surface area contributed by atoms with E-state index in [9.17, 15) is 4.79 Å². The highest BCUT2D eigenvalue weighted by atomic mass is 16.5. The predicted molar refractivity (Wildman–Crippen MR) is 145 cm³/mol. The number of hydrogen-bond donors (Lipinski definition) is 0. The normalized spacial score (nSPS) is 13.6. The minimum atomic E-state index is 0.0715. The highest BCUT2D eigenvalue weighted by Crippen LogP contribution is 2.37. The molecule has 0 N–H and O–H groups in total. The summed E-state index contributed by atoms with van der Waals surface area (Å²) in [6, 6.07) is 27.8. The van der Waals surface area contributed by atoms with Crippen molar-refractivity contribution in [1.29, 1.82) is 0 Å². The van der Waals surface area contributed by atoms with E-state index in [-0.39, 0.29) is 5.91 Å². The van der Waals surface area contributed by atoms with Crippen molar-refractivity contribution in [3.05, 3.63) is 103 Å². The Bertz CT molecular complexity index is 1540. The maximum atomic E-state index is 13.0. The van der Waals surface area contributed by atoms with Crippen LogP contribution in [0.5, 0.6) is 5.75 Å². The highest BCUT2D eigenvalue weighted by Gasteiger charge is 2.26. The summed E-state index contributed by atoms with van der Waals surface area (Å²) in [4.78, 5) is 26.6. The van der Waals surface area contributed by atoms with E-state index in [1.165, 1.54) is 0 Å². The van der Waals surface area contributed by atoms with Gasteiger partial charge in [-0.25, -0.2) is 9.97 Å². The molecule has 1 amide bonds. The number of piperazine rings is 1. The number of benzene rings is 3. The number of amides is 1. The number of aromatic nitrogens is 3. The molecule has 7 nitrogen and oxygen atoms in total. The molecule has 1 aliphatic heterocycles. The summed E-state index contributed by atoms with van der Waals surface area (Å²) < 4.78 is 7.57. The molecule has 3 aromatic carbocycles. The van der Waals surface area contributed by atoms with Crippen LogP contribution in [0, 0.1) is 0 Å². The molecule has 184 valence electrons. The number of anilines is 1. The van der Waals surface area contributed by atoms with Gasteiger partial charge in [-0.2, -0.15) is 0 Å². The number of fused-ring (bicyclic) bond motifs is 1. The van der Waals surface area contributed by atoms with Gasteiger partial charge in [-0.15, -0.1) is 0 Å². The van der Waals surface area contributed by atoms with Crippen molar-refractivity contribution in [2.45, 2.75) is 0 Å². The molecule has 1 aliphatic rings. The van der Waals surface area contributed by atoms with Gasteiger partial charge in [0.15, 0.2) is 5.65 Å². The molecule has 0 aliphatic carbocycles. The molecule has 0 spiro atoms. The molecule has 6 rings (SSSR count). The second kappa shape index (κ2) is 9.78. The summed E-state index contributed by atoms with van der Waals surface area (Å²) in [6.45, 7) is 2.67. The Morgan fingerprint density at radius 2 is 1.57 bits per heavy atom. The molecule has 1 fully saturated rings. The van der Waals surface area contributed by atoms with Crippen LogP contribution in [0.15, 0.2) is 97.5 Å². The maximum Gasteiger partial charge on any atom is 0.253 e. The summed E-state index contributed by atoms with van der Waals surface area (Å²) in [7, 11) is 1.67. The first kappa shape index (κ1) is 22.8. The third-order valence-electron chi connectivity index (χ3n) is 6.87. The van der Waals surface area contributed by atoms with E-state index in [1.807, 2.05) is 77.7 Å². The minimum Gasteiger partial charge on any atom is -0.497 e. The smallest absolute Gasteiger partial charge is 0.253 e. The fraction of sp³-hybridized carbons (Fsp3) is 0.167. The van der Waals surface area contributed by atoms with Gasteiger partial charge < -0.3 is 19.1 Å². The Hall–Kier alpha value is -4.65. The lowest BCUT2D eigenvalue weighted by Gasteiger charge is -2.35. The van der Waals surface area contributed by atoms with Gasteiger partial charge >= 0.3 is 0 Å². The average Bonchev–Trinajstić information content (AvgIpc) is 3.38. The van der Waals surface area contributed by atoms with Crippen molar-refractivity contribution in [3.8, 4) is 22.6 Å². The number of hydrogen-bond acceptors (Lipinski definition) is 5. The number of rotatable bonds is 5. The Balaban J connectivity index is 1.39. The number of ether oxygens (including phenoxy) is 1. The lowest BCUT2D eigenvalue weighted by Crippen LogP contribution is -2.49. The van der Waals surface area contributed by atoms with Crippen molar-refractivity contribution < 1.29 is 9.53 Å². The quantitative estimate of drug-likeness (QED) is 0.345. The van der Waals surface area contributed by atoms with Crippen molar-refractivity contribution >= 4 is 22.8 Å². The molecule has 0 bridgehead atoms. The lowest BCUT2D eigenvalue weighted by molar-refractivity contribution is 0.0746. The van der Waals surface area contributed by atoms with E-state index in [4.69, 9.17) is 14.7 Å². The van der Waals surface area contributed by atoms with Crippen LogP contribution < -0.4 is 9.64 Å². The SMILES string of the molecule is COc1cccc(-n2cc(-c3ccccc3)c3c(N4CCN(C(=O)c5ccccc5)CC4)ncnc32)c1. The van der Waals surface area contributed by atoms with Crippen LogP contribution >= 0.6 is 0 Å². The summed E-state index contributed by atoms with van der Waals surface area (Å²) in [5.74, 6) is 1.74. The highest BCUT2D eigenvalue weighted by molar-refractivity contribution is 6.02. The molecule has 2 aromatic heterocycles. The van der Waals surface area contributed by atoms with Gasteiger partial charge in [0.25, 0.3) is 5.91 Å². The monoisotopic (exact) mass is 489 g/mol. The third-order valence-corrected chi connectivity index (χ3v) is 6.87. The number of carbonyl (C=O) groups excluding carboxylic acids is 1. The number of nitrogens with zero attached hydrogens (tertiary/aromatic N) is 5. The van der Waals surface area contributed by atoms with E-state index in [0.29, 0.717) is 26.2 Å². The maximum absolute atomic E-state index is 13.0. The first-order chi connectivity index (χ1) is 18.2. The molecule has 7 heteroatoms. The van der Waals surface area contributed by atoms with Gasteiger partial charge in [-0.1, -0.05) is 54.6 Å². The van der Waals surface area contributed by atoms with Crippen molar-refractivity contribution in [1.82, 2.24) is 19.4 Å². The zero-order valence-electron chi connectivity index (χ0n) is 20.6. The Morgan fingerprint density at radius 3 is 2.30 bits per heavy atom. The largest absolute Gasteiger partial charge is 0.497 e. The predicted octanol–water partition coefficient (Wildman–Crippen LogP) is 5.06. The molecule has 37 heavy (non-hydrogen) atoms. The molecule has 0 atom stereocenters. The van der Waals surface area contributed by atoms with E-state index in [2.05, 4.69) is 27.8 Å². The molecular weight excluding hydrogens is 462 g/mol. The second-order valence-electron chi connectivity index (χ2n) is 9.02. The molecular formula is C30H27N5O2. The standard InChI is InChI=1S/C30H27N5O2/c1-37-25-14-8-13-24(19-25)35-20-26(22-9-4-2-5-10-22)27-28(31-21-32-29(27)35)33-15-17-34(18-16-33)30(36)23-11-6-3-7-12-23/h2-14,19-21H,15-18H2,1H3. The molecule has 3 heterocycles. The van der Waals surface area contributed by atoms with E-state index < -0.39 is 0 Å². The first-order valence-corrected chi connectivity index (χ1v) is 12.4. The summed E-state index contributed by atoms with van der Waals surface area (Å²) in [5.41, 5.74) is 4.69. The summed E-state index contributed by atoms with van der Waals surface area (Å²) in [6.07, 6.45) is 3.76. The fourth-order valence-electron chi connectivity index (χ4n) is 4.96. The van der Waals surface area contributed by atoms with E-state index in [0.717, 1.165) is 45.0 Å². The van der Waals surface area contributed by atoms with Gasteiger partial charge in [-0.05, 0) is 29.8 Å². The van der Waals surface area contributed by atoms with Crippen molar-refractivity contribution in [2.24, 2.45) is 0 Å². The Kier molecular flexibility index (Phi) is 6.02. The van der Waals surface area contributed by atoms with Crippen molar-refractivity contribution in [2.75, 3.05) is 38.2 Å². The van der Waals surface area contributed by atoms with Gasteiger partial charge in [-0.3, -0.25) is 4.79 Å². The summed E-state index contributed by atoms with van der Waals surface area (Å²) in [5, 5.41) is 0.999. The molecule has 5 aromatic rings. The van der Waals surface area contributed by atoms with Crippen LogP contribution in [0.1, 0.15) is 10.4 Å². The topological polar surface area (TPSA) is 63.5 Å². The third kappa shape index (κ3) is 4.29. The van der Waals surface area contributed by atoms with Crippen LogP contribution in [0.25, 0.3) is 27.8 Å². The van der Waals surface area contributed by atoms with Gasteiger partial charge in [0, 0.05) is 49.6 Å². The van der Waals surface area contributed by atoms with E-state index >= 15 is 0 Å². The molecule has 0 unspecified atom stereocenters. The summed E-state index contributed by atoms with van der Waals surface area (Å²) >= 11 is 0. The van der Waals surface area contributed by atoms with Gasteiger partial charge in [0.1, 0.15) is 17.9 Å². The lowest BCUT2D eigenvalue weighted by atomic mass is 10.1. The average molecular weight is 490 g/mol. The van der Waals surface area contributed by atoms with Crippen LogP contribution in [0.4, 0.5) is 5.82 Å². The zero-order valence-corrected chi connectivity index (χ0v) is 20.6. The van der Waals surface area contributed by atoms with Crippen LogP contribution in [-0.4, -0.2) is 58.6 Å². The Morgan fingerprint density at radius 1 is 0.838 bits per heavy atom. The zero-order chi connectivity index (χ0) is 25.2. The Labute approximate surface area is 215 Å². The number of methoxy groups -OCH3 is 1. The molecule has 0 radical (unpaired) electrons. The van der Waals surface area contributed by atoms with Crippen LogP contribution in [0.2, 0.25) is 0 Å². The second-order valence-corrected chi connectivity index (χ2v) is 9.02. The minimum absolute atomic E-state index is 0.0715. The van der Waals surface area contributed by atoms with Crippen LogP contribution in [-0.2, 0) is 0 Å². The van der Waals surface area contributed by atoms with Gasteiger partial charge in [0.05, 0.1) is 18.2 Å². The fourth-order valence-corrected chi connectivity index (χ4v) is 4.96. The first-order valence-electron chi connectivity index (χ1n) is 12.4. The van der Waals surface area contributed by atoms with Gasteiger partial charge in [0.2, 0.25) is 0 Å². The molecule has 0 saturated carbocycles. The van der Waals surface area contributed by atoms with E-state index in [1.54, 1.807) is 13.4 Å². The van der Waals surface area contributed by atoms with Crippen molar-refractivity contribution in [3.63, 3.8) is 0 Å². The molecule has 1 saturated heterocycles. The van der Waals surface area contributed by atoms with Crippen LogP contribution in [0.3, 0.4) is 0 Å². The number of carbonyl (C=O) groups is 1.